The first-order valence-corrected chi connectivity index (χ1v) is 9.78. The zero-order valence-corrected chi connectivity index (χ0v) is 16.0. The van der Waals surface area contributed by atoms with Gasteiger partial charge in [0, 0.05) is 6.20 Å². The lowest BCUT2D eigenvalue weighted by atomic mass is 9.68. The molecule has 0 radical (unpaired) electrons. The van der Waals surface area contributed by atoms with Gasteiger partial charge < -0.3 is 5.32 Å². The molecule has 5 heteroatoms. The molecule has 5 nitrogen and oxygen atoms in total. The van der Waals surface area contributed by atoms with E-state index >= 15 is 0 Å². The van der Waals surface area contributed by atoms with Crippen molar-refractivity contribution in [1.82, 2.24) is 19.9 Å². The van der Waals surface area contributed by atoms with E-state index in [1.807, 2.05) is 35.7 Å². The fraction of sp³-hybridized carbons (Fsp3) is 0.409. The summed E-state index contributed by atoms with van der Waals surface area (Å²) in [4.78, 5) is 13.5. The molecular formula is C22H26N4O. The van der Waals surface area contributed by atoms with E-state index < -0.39 is 5.41 Å². The number of amides is 1. The second kappa shape index (κ2) is 7.14. The third-order valence-corrected chi connectivity index (χ3v) is 5.79. The molecule has 2 heterocycles. The third kappa shape index (κ3) is 3.22. The molecule has 1 aliphatic rings. The largest absolute Gasteiger partial charge is 0.346 e. The van der Waals surface area contributed by atoms with Crippen LogP contribution in [0.4, 0.5) is 0 Å². The number of aryl methyl sites for hydroxylation is 1. The first-order chi connectivity index (χ1) is 13.1. The van der Waals surface area contributed by atoms with Gasteiger partial charge in [0.1, 0.15) is 0 Å². The summed E-state index contributed by atoms with van der Waals surface area (Å²) in [6.07, 6.45) is 7.11. The van der Waals surface area contributed by atoms with Gasteiger partial charge in [0.2, 0.25) is 5.91 Å². The van der Waals surface area contributed by atoms with Crippen molar-refractivity contribution in [3.8, 4) is 0 Å². The van der Waals surface area contributed by atoms with Crippen LogP contribution in [0.3, 0.4) is 0 Å². The maximum absolute atomic E-state index is 13.5. The Labute approximate surface area is 159 Å². The topological polar surface area (TPSA) is 59.3 Å². The molecule has 1 N–H and O–H groups in total. The minimum Gasteiger partial charge on any atom is -0.346 e. The van der Waals surface area contributed by atoms with Crippen LogP contribution in [0.15, 0.2) is 48.7 Å². The van der Waals surface area contributed by atoms with Crippen LogP contribution in [-0.4, -0.2) is 20.5 Å². The number of hydrogen-bond acceptors (Lipinski definition) is 3. The average Bonchev–Trinajstić information content (AvgIpc) is 3.13. The molecule has 0 spiro atoms. The van der Waals surface area contributed by atoms with Crippen LogP contribution in [0.25, 0.3) is 5.65 Å². The summed E-state index contributed by atoms with van der Waals surface area (Å²) in [6.45, 7) is 4.07. The normalized spacial score (nSPS) is 17.6. The van der Waals surface area contributed by atoms with Crippen molar-refractivity contribution < 1.29 is 4.79 Å². The van der Waals surface area contributed by atoms with Crippen molar-refractivity contribution in [1.29, 1.82) is 0 Å². The standard InChI is InChI=1S/C22H26N4O/c1-16-9-8-10-18(15-16)22(12-5-3-6-13-22)21(27)23-17(2)20-25-24-19-11-4-7-14-26(19)20/h4,7-11,14-15,17H,3,5-6,12-13H2,1-2H3,(H,23,27). The Morgan fingerprint density at radius 2 is 1.93 bits per heavy atom. The maximum atomic E-state index is 13.5. The maximum Gasteiger partial charge on any atom is 0.231 e. The second-order valence-corrected chi connectivity index (χ2v) is 7.69. The predicted molar refractivity (Wildman–Crippen MR) is 105 cm³/mol. The lowest BCUT2D eigenvalue weighted by molar-refractivity contribution is -0.128. The second-order valence-electron chi connectivity index (χ2n) is 7.69. The number of rotatable bonds is 4. The predicted octanol–water partition coefficient (Wildman–Crippen LogP) is 4.12. The number of nitrogens with zero attached hydrogens (tertiary/aromatic N) is 3. The minimum absolute atomic E-state index is 0.105. The zero-order valence-electron chi connectivity index (χ0n) is 16.0. The van der Waals surface area contributed by atoms with Gasteiger partial charge in [-0.25, -0.2) is 0 Å². The summed E-state index contributed by atoms with van der Waals surface area (Å²) in [7, 11) is 0. The Bertz CT molecular complexity index is 956. The highest BCUT2D eigenvalue weighted by atomic mass is 16.2. The van der Waals surface area contributed by atoms with Crippen LogP contribution >= 0.6 is 0 Å². The number of nitrogens with one attached hydrogen (secondary N) is 1. The number of aromatic nitrogens is 3. The van der Waals surface area contributed by atoms with Gasteiger partial charge >= 0.3 is 0 Å². The van der Waals surface area contributed by atoms with Crippen molar-refractivity contribution in [2.75, 3.05) is 0 Å². The van der Waals surface area contributed by atoms with E-state index in [0.717, 1.165) is 42.7 Å². The highest BCUT2D eigenvalue weighted by Crippen LogP contribution is 2.40. The third-order valence-electron chi connectivity index (χ3n) is 5.79. The Balaban J connectivity index is 1.64. The van der Waals surface area contributed by atoms with Crippen molar-refractivity contribution in [3.63, 3.8) is 0 Å². The van der Waals surface area contributed by atoms with Crippen LogP contribution in [0.1, 0.15) is 62.0 Å². The van der Waals surface area contributed by atoms with Gasteiger partial charge in [0.05, 0.1) is 11.5 Å². The van der Waals surface area contributed by atoms with Gasteiger partial charge in [0.15, 0.2) is 11.5 Å². The van der Waals surface area contributed by atoms with Crippen molar-refractivity contribution >= 4 is 11.6 Å². The quantitative estimate of drug-likeness (QED) is 0.759. The summed E-state index contributed by atoms with van der Waals surface area (Å²) in [6, 6.07) is 14.0. The number of benzene rings is 1. The van der Waals surface area contributed by atoms with Gasteiger partial charge in [0.25, 0.3) is 0 Å². The molecule has 0 saturated heterocycles. The minimum atomic E-state index is -0.445. The molecule has 1 atom stereocenters. The van der Waals surface area contributed by atoms with Gasteiger partial charge in [-0.15, -0.1) is 10.2 Å². The highest BCUT2D eigenvalue weighted by Gasteiger charge is 2.41. The Hall–Kier alpha value is -2.69. The Morgan fingerprint density at radius 1 is 1.11 bits per heavy atom. The Kier molecular flexibility index (Phi) is 4.68. The van der Waals surface area contributed by atoms with Crippen molar-refractivity contribution in [2.45, 2.75) is 57.4 Å². The van der Waals surface area contributed by atoms with E-state index in [9.17, 15) is 4.79 Å². The van der Waals surface area contributed by atoms with Crippen LogP contribution in [0.2, 0.25) is 0 Å². The Morgan fingerprint density at radius 3 is 2.70 bits per heavy atom. The molecule has 1 aromatic carbocycles. The summed E-state index contributed by atoms with van der Waals surface area (Å²) in [5.41, 5.74) is 2.68. The first kappa shape index (κ1) is 17.7. The van der Waals surface area contributed by atoms with E-state index in [-0.39, 0.29) is 11.9 Å². The van der Waals surface area contributed by atoms with Crippen LogP contribution in [0.5, 0.6) is 0 Å². The van der Waals surface area contributed by atoms with E-state index in [2.05, 4.69) is 46.7 Å². The molecular weight excluding hydrogens is 336 g/mol. The molecule has 3 aromatic rings. The molecule has 1 unspecified atom stereocenters. The number of hydrogen-bond donors (Lipinski definition) is 1. The number of carbonyl (C=O) groups excluding carboxylic acids is 1. The highest BCUT2D eigenvalue weighted by molar-refractivity contribution is 5.88. The van der Waals surface area contributed by atoms with E-state index in [1.54, 1.807) is 0 Å². The molecule has 0 bridgehead atoms. The lowest BCUT2D eigenvalue weighted by Crippen LogP contribution is -2.46. The van der Waals surface area contributed by atoms with Gasteiger partial charge in [-0.2, -0.15) is 0 Å². The molecule has 1 amide bonds. The fourth-order valence-corrected chi connectivity index (χ4v) is 4.30. The summed E-state index contributed by atoms with van der Waals surface area (Å²) < 4.78 is 1.94. The van der Waals surface area contributed by atoms with E-state index in [4.69, 9.17) is 0 Å². The zero-order chi connectivity index (χ0) is 18.9. The molecule has 1 saturated carbocycles. The van der Waals surface area contributed by atoms with Crippen LogP contribution < -0.4 is 5.32 Å². The number of fused-ring (bicyclic) bond motifs is 1. The number of pyridine rings is 1. The molecule has 1 aliphatic carbocycles. The average molecular weight is 362 g/mol. The van der Waals surface area contributed by atoms with Crippen LogP contribution in [0, 0.1) is 6.92 Å². The SMILES string of the molecule is Cc1cccc(C2(C(=O)NC(C)c3nnc4ccccn34)CCCCC2)c1. The summed E-state index contributed by atoms with van der Waals surface area (Å²) >= 11 is 0. The summed E-state index contributed by atoms with van der Waals surface area (Å²) in [5, 5.41) is 11.8. The fourth-order valence-electron chi connectivity index (χ4n) is 4.30. The van der Waals surface area contributed by atoms with Gasteiger partial charge in [-0.1, -0.05) is 55.2 Å². The van der Waals surface area contributed by atoms with Crippen molar-refractivity contribution in [3.05, 3.63) is 65.6 Å². The smallest absolute Gasteiger partial charge is 0.231 e. The van der Waals surface area contributed by atoms with Crippen molar-refractivity contribution in [2.24, 2.45) is 0 Å². The van der Waals surface area contributed by atoms with Crippen LogP contribution in [-0.2, 0) is 10.2 Å². The molecule has 2 aromatic heterocycles. The summed E-state index contributed by atoms with van der Waals surface area (Å²) in [5.74, 6) is 0.863. The first-order valence-electron chi connectivity index (χ1n) is 9.78. The molecule has 27 heavy (non-hydrogen) atoms. The monoisotopic (exact) mass is 362 g/mol. The molecule has 1 fully saturated rings. The van der Waals surface area contributed by atoms with Gasteiger partial charge in [-0.3, -0.25) is 9.20 Å². The molecule has 4 rings (SSSR count). The van der Waals surface area contributed by atoms with E-state index in [0.29, 0.717) is 0 Å². The number of carbonyl (C=O) groups is 1. The lowest BCUT2D eigenvalue weighted by Gasteiger charge is -2.37. The molecule has 140 valence electrons. The molecule has 0 aliphatic heterocycles. The van der Waals surface area contributed by atoms with Gasteiger partial charge in [-0.05, 0) is 44.4 Å². The van der Waals surface area contributed by atoms with E-state index in [1.165, 1.54) is 12.0 Å².